The molecule has 1 fully saturated rings. The highest BCUT2D eigenvalue weighted by molar-refractivity contribution is 5.92. The van der Waals surface area contributed by atoms with E-state index < -0.39 is 0 Å². The number of methoxy groups -OCH3 is 3. The highest BCUT2D eigenvalue weighted by Gasteiger charge is 2.35. The standard InChI is InChI=1S/C23H26N2O5/c1-28-19-10-15(11-20(29-2)23(19)30-3)7-8-21(26)24-12-16-9-17(14-24)18-5-4-6-22(27)25(18)13-16/h4-8,10-11,16-17H,9,12-14H2,1-3H3/b8-7+. The van der Waals surface area contributed by atoms with Crippen LogP contribution >= 0.6 is 0 Å². The van der Waals surface area contributed by atoms with E-state index in [-0.39, 0.29) is 17.4 Å². The van der Waals surface area contributed by atoms with Gasteiger partial charge in [0.05, 0.1) is 21.3 Å². The Labute approximate surface area is 175 Å². The molecule has 1 amide bonds. The van der Waals surface area contributed by atoms with Crippen LogP contribution in [0.25, 0.3) is 6.08 Å². The van der Waals surface area contributed by atoms with Gasteiger partial charge in [0, 0.05) is 43.4 Å². The van der Waals surface area contributed by atoms with Crippen molar-refractivity contribution in [3.63, 3.8) is 0 Å². The first kappa shape index (κ1) is 20.1. The molecule has 2 atom stereocenters. The third-order valence-electron chi connectivity index (χ3n) is 5.90. The van der Waals surface area contributed by atoms with Gasteiger partial charge >= 0.3 is 0 Å². The highest BCUT2D eigenvalue weighted by atomic mass is 16.5. The number of hydrogen-bond acceptors (Lipinski definition) is 5. The minimum atomic E-state index is -0.0369. The van der Waals surface area contributed by atoms with Gasteiger partial charge in [-0.2, -0.15) is 0 Å². The number of fused-ring (bicyclic) bond motifs is 4. The Kier molecular flexibility index (Phi) is 5.53. The van der Waals surface area contributed by atoms with Crippen molar-refractivity contribution in [3.8, 4) is 17.2 Å². The van der Waals surface area contributed by atoms with E-state index in [1.807, 2.05) is 15.5 Å². The molecular weight excluding hydrogens is 384 g/mol. The van der Waals surface area contributed by atoms with Crippen molar-refractivity contribution >= 4 is 12.0 Å². The van der Waals surface area contributed by atoms with Crippen molar-refractivity contribution in [2.24, 2.45) is 5.92 Å². The number of nitrogens with zero attached hydrogens (tertiary/aromatic N) is 2. The van der Waals surface area contributed by atoms with Crippen molar-refractivity contribution < 1.29 is 19.0 Å². The number of aromatic nitrogens is 1. The molecule has 0 radical (unpaired) electrons. The molecular formula is C23H26N2O5. The number of carbonyl (C=O) groups is 1. The zero-order chi connectivity index (χ0) is 21.3. The fourth-order valence-corrected chi connectivity index (χ4v) is 4.55. The molecule has 30 heavy (non-hydrogen) atoms. The van der Waals surface area contributed by atoms with Crippen molar-refractivity contribution in [3.05, 3.63) is 58.0 Å². The van der Waals surface area contributed by atoms with Crippen LogP contribution < -0.4 is 19.8 Å². The Morgan fingerprint density at radius 2 is 1.77 bits per heavy atom. The van der Waals surface area contributed by atoms with Gasteiger partial charge in [0.2, 0.25) is 11.7 Å². The van der Waals surface area contributed by atoms with Crippen LogP contribution in [0.1, 0.15) is 23.6 Å². The van der Waals surface area contributed by atoms with Crippen molar-refractivity contribution in [2.75, 3.05) is 34.4 Å². The fourth-order valence-electron chi connectivity index (χ4n) is 4.55. The van der Waals surface area contributed by atoms with Crippen LogP contribution in [0.2, 0.25) is 0 Å². The summed E-state index contributed by atoms with van der Waals surface area (Å²) in [5.74, 6) is 2.06. The van der Waals surface area contributed by atoms with Gasteiger partial charge < -0.3 is 23.7 Å². The number of pyridine rings is 1. The molecule has 158 valence electrons. The van der Waals surface area contributed by atoms with E-state index in [2.05, 4.69) is 0 Å². The fraction of sp³-hybridized carbons (Fsp3) is 0.391. The summed E-state index contributed by atoms with van der Waals surface area (Å²) in [6.07, 6.45) is 4.36. The molecule has 7 nitrogen and oxygen atoms in total. The maximum Gasteiger partial charge on any atom is 0.250 e. The molecule has 0 aliphatic carbocycles. The summed E-state index contributed by atoms with van der Waals surface area (Å²) in [5, 5.41) is 0. The predicted octanol–water partition coefficient (Wildman–Crippen LogP) is 2.53. The molecule has 4 rings (SSSR count). The van der Waals surface area contributed by atoms with E-state index in [0.29, 0.717) is 42.8 Å². The molecule has 2 aliphatic rings. The van der Waals surface area contributed by atoms with Gasteiger partial charge in [0.15, 0.2) is 11.5 Å². The summed E-state index contributed by atoms with van der Waals surface area (Å²) in [6.45, 7) is 1.96. The quantitative estimate of drug-likeness (QED) is 0.709. The smallest absolute Gasteiger partial charge is 0.250 e. The van der Waals surface area contributed by atoms with Gasteiger partial charge in [-0.15, -0.1) is 0 Å². The highest BCUT2D eigenvalue weighted by Crippen LogP contribution is 2.39. The third kappa shape index (κ3) is 3.67. The van der Waals surface area contributed by atoms with E-state index in [1.54, 1.807) is 57.7 Å². The lowest BCUT2D eigenvalue weighted by Gasteiger charge is -2.42. The van der Waals surface area contributed by atoms with E-state index in [4.69, 9.17) is 14.2 Å². The number of amides is 1. The summed E-state index contributed by atoms with van der Waals surface area (Å²) in [6, 6.07) is 9.02. The first-order chi connectivity index (χ1) is 14.5. The van der Waals surface area contributed by atoms with E-state index in [1.165, 1.54) is 0 Å². The van der Waals surface area contributed by atoms with Crippen LogP contribution in [0.4, 0.5) is 0 Å². The summed E-state index contributed by atoms with van der Waals surface area (Å²) >= 11 is 0. The Balaban J connectivity index is 1.53. The minimum Gasteiger partial charge on any atom is -0.493 e. The van der Waals surface area contributed by atoms with Crippen LogP contribution in [-0.2, 0) is 11.3 Å². The van der Waals surface area contributed by atoms with Gasteiger partial charge in [0.25, 0.3) is 5.56 Å². The molecule has 7 heteroatoms. The molecule has 0 spiro atoms. The van der Waals surface area contributed by atoms with Crippen LogP contribution in [0, 0.1) is 5.92 Å². The Bertz CT molecular complexity index is 1020. The van der Waals surface area contributed by atoms with Crippen molar-refractivity contribution in [1.29, 1.82) is 0 Å². The topological polar surface area (TPSA) is 70.0 Å². The average molecular weight is 410 g/mol. The van der Waals surface area contributed by atoms with Crippen LogP contribution in [0.3, 0.4) is 0 Å². The summed E-state index contributed by atoms with van der Waals surface area (Å²) < 4.78 is 18.0. The number of benzene rings is 1. The number of likely N-dealkylation sites (tertiary alicyclic amines) is 1. The van der Waals surface area contributed by atoms with Gasteiger partial charge in [0.1, 0.15) is 0 Å². The van der Waals surface area contributed by atoms with E-state index in [9.17, 15) is 9.59 Å². The number of carbonyl (C=O) groups excluding carboxylic acids is 1. The SMILES string of the molecule is COc1cc(/C=C/C(=O)N2CC3CC(C2)c2cccc(=O)n2C3)cc(OC)c1OC. The second kappa shape index (κ2) is 8.26. The third-order valence-corrected chi connectivity index (χ3v) is 5.90. The number of ether oxygens (including phenoxy) is 3. The Morgan fingerprint density at radius 3 is 2.43 bits per heavy atom. The lowest BCUT2D eigenvalue weighted by atomic mass is 9.83. The lowest BCUT2D eigenvalue weighted by molar-refractivity contribution is -0.128. The van der Waals surface area contributed by atoms with Gasteiger partial charge in [-0.25, -0.2) is 0 Å². The zero-order valence-corrected chi connectivity index (χ0v) is 17.5. The van der Waals surface area contributed by atoms with Gasteiger partial charge in [-0.3, -0.25) is 9.59 Å². The van der Waals surface area contributed by atoms with E-state index >= 15 is 0 Å². The predicted molar refractivity (Wildman–Crippen MR) is 113 cm³/mol. The Hall–Kier alpha value is -3.22. The van der Waals surface area contributed by atoms with E-state index in [0.717, 1.165) is 17.7 Å². The second-order valence-corrected chi connectivity index (χ2v) is 7.73. The summed E-state index contributed by atoms with van der Waals surface area (Å²) in [7, 11) is 4.68. The Morgan fingerprint density at radius 1 is 1.03 bits per heavy atom. The molecule has 2 unspecified atom stereocenters. The normalized spacial score (nSPS) is 20.0. The number of rotatable bonds is 5. The first-order valence-corrected chi connectivity index (χ1v) is 10.0. The van der Waals surface area contributed by atoms with Crippen LogP contribution in [0.5, 0.6) is 17.2 Å². The van der Waals surface area contributed by atoms with Crippen LogP contribution in [0.15, 0.2) is 41.2 Å². The molecule has 0 saturated carbocycles. The zero-order valence-electron chi connectivity index (χ0n) is 17.5. The molecule has 2 aromatic rings. The number of hydrogen-bond donors (Lipinski definition) is 0. The maximum atomic E-state index is 12.9. The molecule has 1 aromatic heterocycles. The maximum absolute atomic E-state index is 12.9. The molecule has 3 heterocycles. The van der Waals surface area contributed by atoms with Crippen molar-refractivity contribution in [1.82, 2.24) is 9.47 Å². The monoisotopic (exact) mass is 410 g/mol. The summed E-state index contributed by atoms with van der Waals surface area (Å²) in [5.41, 5.74) is 1.86. The number of piperidine rings is 1. The van der Waals surface area contributed by atoms with Gasteiger partial charge in [-0.05, 0) is 42.2 Å². The second-order valence-electron chi connectivity index (χ2n) is 7.73. The van der Waals surface area contributed by atoms with Crippen LogP contribution in [-0.4, -0.2) is 49.8 Å². The van der Waals surface area contributed by atoms with Crippen molar-refractivity contribution in [2.45, 2.75) is 18.9 Å². The molecule has 0 N–H and O–H groups in total. The molecule has 2 aliphatic heterocycles. The molecule has 1 saturated heterocycles. The minimum absolute atomic E-state index is 0.0369. The molecule has 2 bridgehead atoms. The largest absolute Gasteiger partial charge is 0.493 e. The summed E-state index contributed by atoms with van der Waals surface area (Å²) in [4.78, 5) is 26.9. The lowest BCUT2D eigenvalue weighted by Crippen LogP contribution is -2.48. The van der Waals surface area contributed by atoms with Gasteiger partial charge in [-0.1, -0.05) is 6.07 Å². The molecule has 1 aromatic carbocycles. The average Bonchev–Trinajstić information content (AvgIpc) is 2.77. The first-order valence-electron chi connectivity index (χ1n) is 10.0.